The number of alkyl halides is 3. The average molecular weight is 624 g/mol. The molecule has 242 valence electrons. The smallest absolute Gasteiger partial charge is 0.416 e. The van der Waals surface area contributed by atoms with Gasteiger partial charge < -0.3 is 34.5 Å². The molecule has 1 saturated heterocycles. The number of benzene rings is 1. The van der Waals surface area contributed by atoms with E-state index in [2.05, 4.69) is 37.2 Å². The third-order valence-corrected chi connectivity index (χ3v) is 6.64. The molecule has 2 aromatic rings. The van der Waals surface area contributed by atoms with Crippen molar-refractivity contribution in [1.82, 2.24) is 24.6 Å². The number of aromatic hydroxyl groups is 1. The monoisotopic (exact) mass is 623 g/mol. The topological polar surface area (TPSA) is 146 Å². The number of nitrogens with zero attached hydrogens (tertiary/aromatic N) is 5. The summed E-state index contributed by atoms with van der Waals surface area (Å²) in [5.41, 5.74) is 1.32. The van der Waals surface area contributed by atoms with Crippen molar-refractivity contribution in [3.8, 4) is 5.75 Å². The Balaban J connectivity index is 0.000000351. The summed E-state index contributed by atoms with van der Waals surface area (Å²) in [4.78, 5) is 46.8. The second-order valence-electron chi connectivity index (χ2n) is 9.63. The maximum Gasteiger partial charge on any atom is 0.416 e. The molecule has 0 radical (unpaired) electrons. The van der Waals surface area contributed by atoms with Gasteiger partial charge in [0.05, 0.1) is 36.7 Å². The van der Waals surface area contributed by atoms with Crippen molar-refractivity contribution in [3.05, 3.63) is 58.0 Å². The number of likely N-dealkylation sites (N-methyl/N-ethyl adjacent to an activating group) is 1. The lowest BCUT2D eigenvalue weighted by Crippen LogP contribution is -2.47. The van der Waals surface area contributed by atoms with Gasteiger partial charge in [-0.2, -0.15) is 13.2 Å². The van der Waals surface area contributed by atoms with Crippen LogP contribution in [0.4, 0.5) is 24.5 Å². The standard InChI is InChI=1S/C19H28N6O3.C8H8F3NO.C2H4O/c1-3-16-17(24-8-6-23(2)7-9-24)19(27)25(10-11-26)22-18(21-14-20-16)15-4-12-28-13-5-15;1-12-6-3-2-5(4-7(6)13)8(9,10)11;1-2-3/h4,11,14H,3,5-10,12-13H2,1-2H3,(H,20,21,22);2-4,12-13H,1H3;2H,1H3. The maximum atomic E-state index is 13.4. The van der Waals surface area contributed by atoms with Crippen molar-refractivity contribution in [2.24, 2.45) is 0 Å². The number of carbonyl (C=O) groups is 2. The van der Waals surface area contributed by atoms with Crippen molar-refractivity contribution in [2.75, 3.05) is 63.7 Å². The van der Waals surface area contributed by atoms with E-state index in [4.69, 9.17) is 14.6 Å². The molecule has 4 rings (SSSR count). The Hall–Kier alpha value is -4.24. The maximum absolute atomic E-state index is 13.4. The van der Waals surface area contributed by atoms with Crippen molar-refractivity contribution in [2.45, 2.75) is 39.4 Å². The number of ether oxygens (including phenoxy) is 1. The first-order valence-electron chi connectivity index (χ1n) is 14.0. The summed E-state index contributed by atoms with van der Waals surface area (Å²) < 4.78 is 42.9. The Kier molecular flexibility index (Phi) is 14.5. The quantitative estimate of drug-likeness (QED) is 0.324. The highest BCUT2D eigenvalue weighted by atomic mass is 19.4. The van der Waals surface area contributed by atoms with Crippen molar-refractivity contribution >= 4 is 29.5 Å². The zero-order chi connectivity index (χ0) is 32.7. The Bertz CT molecular complexity index is 1380. The summed E-state index contributed by atoms with van der Waals surface area (Å²) in [5, 5.41) is 14.7. The van der Waals surface area contributed by atoms with E-state index in [0.717, 1.165) is 44.1 Å². The van der Waals surface area contributed by atoms with Gasteiger partial charge in [-0.3, -0.25) is 9.89 Å². The Morgan fingerprint density at radius 1 is 1.16 bits per heavy atom. The highest BCUT2D eigenvalue weighted by Gasteiger charge is 2.31. The van der Waals surface area contributed by atoms with E-state index < -0.39 is 17.5 Å². The minimum Gasteiger partial charge on any atom is -0.506 e. The van der Waals surface area contributed by atoms with Crippen LogP contribution in [0.15, 0.2) is 35.4 Å². The predicted octanol–water partition coefficient (Wildman–Crippen LogP) is 3.07. The molecule has 0 atom stereocenters. The molecule has 1 aromatic heterocycles. The molecule has 0 aliphatic carbocycles. The molecule has 2 aliphatic heterocycles. The van der Waals surface area contributed by atoms with Gasteiger partial charge in [0.25, 0.3) is 5.56 Å². The molecule has 12 nitrogen and oxygen atoms in total. The zero-order valence-corrected chi connectivity index (χ0v) is 25.4. The van der Waals surface area contributed by atoms with Crippen LogP contribution in [0.2, 0.25) is 0 Å². The number of aldehydes is 2. The van der Waals surface area contributed by atoms with E-state index in [9.17, 15) is 22.8 Å². The summed E-state index contributed by atoms with van der Waals surface area (Å²) in [6.07, 6.45) is 1.75. The number of aryl methyl sites for hydroxylation is 1. The molecule has 0 saturated carbocycles. The van der Waals surface area contributed by atoms with E-state index >= 15 is 0 Å². The Labute approximate surface area is 253 Å². The van der Waals surface area contributed by atoms with Crippen LogP contribution in [0.3, 0.4) is 0 Å². The number of anilines is 2. The van der Waals surface area contributed by atoms with Gasteiger partial charge in [0.15, 0.2) is 0 Å². The second-order valence-corrected chi connectivity index (χ2v) is 9.63. The normalized spacial score (nSPS) is 15.0. The number of nitrogens with one attached hydrogen (secondary N) is 2. The number of hydrogen-bond acceptors (Lipinski definition) is 10. The largest absolute Gasteiger partial charge is 0.506 e. The highest BCUT2D eigenvalue weighted by molar-refractivity contribution is 5.60. The van der Waals surface area contributed by atoms with Crippen LogP contribution in [-0.4, -0.2) is 95.8 Å². The lowest BCUT2D eigenvalue weighted by molar-refractivity contribution is -0.137. The van der Waals surface area contributed by atoms with E-state index in [1.807, 2.05) is 13.0 Å². The summed E-state index contributed by atoms with van der Waals surface area (Å²) in [6, 6.07) is 2.77. The summed E-state index contributed by atoms with van der Waals surface area (Å²) >= 11 is 0. The number of aromatic nitrogens is 4. The van der Waals surface area contributed by atoms with Crippen LogP contribution in [0, 0.1) is 0 Å². The summed E-state index contributed by atoms with van der Waals surface area (Å²) in [7, 11) is 3.58. The van der Waals surface area contributed by atoms with Crippen LogP contribution in [0.1, 0.15) is 37.4 Å². The molecule has 0 bridgehead atoms. The third-order valence-electron chi connectivity index (χ3n) is 6.64. The SMILES string of the molecule is CC=O.CCc1ncnc(C2=CCOCC2)[nH]n(CC=O)c(=O)c1N1CCN(C)CC1.CNc1ccc(C(F)(F)F)cc1O. The van der Waals surface area contributed by atoms with Gasteiger partial charge in [-0.25, -0.2) is 14.6 Å². The molecule has 0 unspecified atom stereocenters. The Morgan fingerprint density at radius 2 is 1.84 bits per heavy atom. The van der Waals surface area contributed by atoms with Gasteiger partial charge >= 0.3 is 6.18 Å². The highest BCUT2D eigenvalue weighted by Crippen LogP contribution is 2.34. The molecular formula is C29H40F3N7O5. The first-order chi connectivity index (χ1) is 21.0. The number of carbonyl (C=O) groups excluding carboxylic acids is 2. The number of rotatable bonds is 6. The van der Waals surface area contributed by atoms with Crippen molar-refractivity contribution in [1.29, 1.82) is 0 Å². The van der Waals surface area contributed by atoms with Crippen LogP contribution in [0.25, 0.3) is 5.57 Å². The fourth-order valence-electron chi connectivity index (χ4n) is 4.30. The Morgan fingerprint density at radius 3 is 2.36 bits per heavy atom. The van der Waals surface area contributed by atoms with Gasteiger partial charge in [-0.1, -0.05) is 13.0 Å². The second kappa shape index (κ2) is 17.8. The van der Waals surface area contributed by atoms with E-state index in [1.165, 1.54) is 31.0 Å². The molecule has 0 spiro atoms. The molecule has 3 heterocycles. The van der Waals surface area contributed by atoms with Crippen LogP contribution in [0.5, 0.6) is 5.75 Å². The lowest BCUT2D eigenvalue weighted by Gasteiger charge is -2.33. The van der Waals surface area contributed by atoms with Gasteiger partial charge in [-0.05, 0) is 50.6 Å². The van der Waals surface area contributed by atoms with Crippen LogP contribution < -0.4 is 15.8 Å². The summed E-state index contributed by atoms with van der Waals surface area (Å²) in [5.74, 6) is 0.120. The fraction of sp³-hybridized carbons (Fsp3) is 0.483. The zero-order valence-electron chi connectivity index (χ0n) is 25.4. The predicted molar refractivity (Wildman–Crippen MR) is 161 cm³/mol. The van der Waals surface area contributed by atoms with Gasteiger partial charge in [0, 0.05) is 33.2 Å². The molecule has 15 heteroatoms. The molecule has 1 fully saturated rings. The third kappa shape index (κ3) is 10.5. The minimum atomic E-state index is -4.41. The molecule has 44 heavy (non-hydrogen) atoms. The first kappa shape index (κ1) is 36.0. The van der Waals surface area contributed by atoms with E-state index in [-0.39, 0.29) is 17.8 Å². The number of aromatic amines is 1. The summed E-state index contributed by atoms with van der Waals surface area (Å²) in [6.45, 7) is 7.65. The van der Waals surface area contributed by atoms with Crippen molar-refractivity contribution in [3.63, 3.8) is 0 Å². The molecule has 3 N–H and O–H groups in total. The minimum absolute atomic E-state index is 0.0735. The van der Waals surface area contributed by atoms with E-state index in [0.29, 0.717) is 55.6 Å². The number of piperazine rings is 1. The molecule has 0 amide bonds. The number of H-pyrrole nitrogens is 1. The molecule has 1 aromatic carbocycles. The van der Waals surface area contributed by atoms with Gasteiger partial charge in [0.2, 0.25) is 0 Å². The number of phenolic OH excluding ortho intramolecular Hbond substituents is 1. The van der Waals surface area contributed by atoms with Crippen LogP contribution in [-0.2, 0) is 33.5 Å². The molecular weight excluding hydrogens is 583 g/mol. The number of hydrogen-bond donors (Lipinski definition) is 3. The van der Waals surface area contributed by atoms with E-state index in [1.54, 1.807) is 0 Å². The van der Waals surface area contributed by atoms with Crippen molar-refractivity contribution < 1.29 is 32.6 Å². The number of halogens is 3. The molecule has 2 aliphatic rings. The lowest BCUT2D eigenvalue weighted by atomic mass is 10.1. The van der Waals surface area contributed by atoms with Gasteiger partial charge in [-0.15, -0.1) is 0 Å². The fourth-order valence-corrected chi connectivity index (χ4v) is 4.30. The van der Waals surface area contributed by atoms with Crippen LogP contribution >= 0.6 is 0 Å². The number of phenols is 1. The average Bonchev–Trinajstić information content (AvgIpc) is 3.07. The first-order valence-corrected chi connectivity index (χ1v) is 14.0. The van der Waals surface area contributed by atoms with Gasteiger partial charge in [0.1, 0.15) is 36.2 Å².